The van der Waals surface area contributed by atoms with Crippen molar-refractivity contribution in [2.45, 2.75) is 60.4 Å². The Balaban J connectivity index is 0.00000109. The maximum Gasteiger partial charge on any atom is 0.0560 e. The average Bonchev–Trinajstić information content (AvgIpc) is 2.62. The lowest BCUT2D eigenvalue weighted by Gasteiger charge is -2.36. The predicted molar refractivity (Wildman–Crippen MR) is 112 cm³/mol. The highest BCUT2D eigenvalue weighted by atomic mass is 15.2. The molecule has 1 aromatic rings. The summed E-state index contributed by atoms with van der Waals surface area (Å²) in [6, 6.07) is 9.31. The number of hydrogen-bond acceptors (Lipinski definition) is 1. The van der Waals surface area contributed by atoms with E-state index in [9.17, 15) is 0 Å². The van der Waals surface area contributed by atoms with E-state index in [0.29, 0.717) is 12.0 Å². The van der Waals surface area contributed by atoms with E-state index >= 15 is 0 Å². The summed E-state index contributed by atoms with van der Waals surface area (Å²) >= 11 is 0. The summed E-state index contributed by atoms with van der Waals surface area (Å²) in [5, 5.41) is 0. The smallest absolute Gasteiger partial charge is 0.0560 e. The summed E-state index contributed by atoms with van der Waals surface area (Å²) in [6.07, 6.45) is 13.8. The SMILES string of the molecule is CC.CC1=CCC(N(C2=C(C)CC(C)C=C2)c2ccc(C)cc2)C=C1. The second kappa shape index (κ2) is 8.89. The first-order chi connectivity index (χ1) is 12.0. The van der Waals surface area contributed by atoms with Crippen molar-refractivity contribution >= 4 is 5.69 Å². The van der Waals surface area contributed by atoms with Crippen molar-refractivity contribution in [3.63, 3.8) is 0 Å². The molecule has 2 aliphatic rings. The topological polar surface area (TPSA) is 3.24 Å². The minimum absolute atomic E-state index is 0.393. The molecule has 134 valence electrons. The Morgan fingerprint density at radius 3 is 2.16 bits per heavy atom. The van der Waals surface area contributed by atoms with Crippen molar-refractivity contribution < 1.29 is 0 Å². The highest BCUT2D eigenvalue weighted by Crippen LogP contribution is 2.33. The van der Waals surface area contributed by atoms with Gasteiger partial charge in [-0.25, -0.2) is 0 Å². The molecule has 1 heteroatoms. The summed E-state index contributed by atoms with van der Waals surface area (Å²) in [5.41, 5.74) is 6.81. The number of allylic oxidation sites excluding steroid dienone is 5. The second-order valence-corrected chi connectivity index (χ2v) is 7.02. The van der Waals surface area contributed by atoms with Crippen LogP contribution in [0.4, 0.5) is 5.69 Å². The largest absolute Gasteiger partial charge is 0.334 e. The van der Waals surface area contributed by atoms with Gasteiger partial charge < -0.3 is 4.90 Å². The molecule has 0 heterocycles. The van der Waals surface area contributed by atoms with Crippen molar-refractivity contribution in [3.8, 4) is 0 Å². The van der Waals surface area contributed by atoms with Crippen molar-refractivity contribution in [2.24, 2.45) is 5.92 Å². The van der Waals surface area contributed by atoms with Gasteiger partial charge in [0.25, 0.3) is 0 Å². The maximum absolute atomic E-state index is 2.51. The molecule has 1 aromatic carbocycles. The minimum Gasteiger partial charge on any atom is -0.334 e. The van der Waals surface area contributed by atoms with Crippen LogP contribution in [0, 0.1) is 12.8 Å². The molecule has 0 radical (unpaired) electrons. The Morgan fingerprint density at radius 2 is 1.60 bits per heavy atom. The zero-order valence-electron chi connectivity index (χ0n) is 16.7. The fourth-order valence-corrected chi connectivity index (χ4v) is 3.46. The van der Waals surface area contributed by atoms with E-state index in [2.05, 4.69) is 87.2 Å². The summed E-state index contributed by atoms with van der Waals surface area (Å²) in [7, 11) is 0. The van der Waals surface area contributed by atoms with Crippen LogP contribution in [0.25, 0.3) is 0 Å². The van der Waals surface area contributed by atoms with Crippen LogP contribution in [0.1, 0.15) is 53.0 Å². The summed E-state index contributed by atoms with van der Waals surface area (Å²) < 4.78 is 0. The molecule has 2 atom stereocenters. The Labute approximate surface area is 154 Å². The first-order valence-electron chi connectivity index (χ1n) is 9.63. The quantitative estimate of drug-likeness (QED) is 0.576. The van der Waals surface area contributed by atoms with Gasteiger partial charge in [0.1, 0.15) is 0 Å². The molecule has 3 rings (SSSR count). The van der Waals surface area contributed by atoms with Crippen LogP contribution in [0.3, 0.4) is 0 Å². The molecular weight excluding hydrogens is 302 g/mol. The zero-order chi connectivity index (χ0) is 18.4. The summed E-state index contributed by atoms with van der Waals surface area (Å²) in [5.74, 6) is 0.641. The lowest BCUT2D eigenvalue weighted by atomic mass is 9.92. The van der Waals surface area contributed by atoms with Gasteiger partial charge in [-0.2, -0.15) is 0 Å². The number of hydrogen-bond donors (Lipinski definition) is 0. The number of anilines is 1. The van der Waals surface area contributed by atoms with Crippen molar-refractivity contribution in [1.29, 1.82) is 0 Å². The molecule has 0 bridgehead atoms. The van der Waals surface area contributed by atoms with E-state index in [1.165, 1.54) is 28.1 Å². The Morgan fingerprint density at radius 1 is 0.920 bits per heavy atom. The predicted octanol–water partition coefficient (Wildman–Crippen LogP) is 6.97. The van der Waals surface area contributed by atoms with E-state index in [-0.39, 0.29) is 0 Å². The minimum atomic E-state index is 0.393. The third-order valence-electron chi connectivity index (χ3n) is 4.81. The number of nitrogens with zero attached hydrogens (tertiary/aromatic N) is 1. The second-order valence-electron chi connectivity index (χ2n) is 7.02. The molecule has 25 heavy (non-hydrogen) atoms. The molecule has 0 N–H and O–H groups in total. The molecule has 0 aliphatic heterocycles. The molecule has 0 amide bonds. The zero-order valence-corrected chi connectivity index (χ0v) is 16.7. The van der Waals surface area contributed by atoms with Crippen LogP contribution in [0.5, 0.6) is 0 Å². The third kappa shape index (κ3) is 4.75. The van der Waals surface area contributed by atoms with E-state index in [1.54, 1.807) is 0 Å². The van der Waals surface area contributed by atoms with Crippen molar-refractivity contribution in [1.82, 2.24) is 0 Å². The van der Waals surface area contributed by atoms with Crippen molar-refractivity contribution in [3.05, 3.63) is 77.1 Å². The molecule has 1 nitrogen and oxygen atoms in total. The Hall–Kier alpha value is -2.02. The highest BCUT2D eigenvalue weighted by molar-refractivity contribution is 5.59. The standard InChI is InChI=1S/C22H27N.C2H6/c1-16-5-10-20(11-6-16)23(21-12-7-17(2)8-13-21)22-14-9-18(3)15-19(22)4;1-2/h5-12,14,18,21H,13,15H2,1-4H3;1-2H3. The third-order valence-corrected chi connectivity index (χ3v) is 4.81. The first-order valence-corrected chi connectivity index (χ1v) is 9.63. The fraction of sp³-hybridized carbons (Fsp3) is 0.417. The summed E-state index contributed by atoms with van der Waals surface area (Å²) in [6.45, 7) is 12.9. The van der Waals surface area contributed by atoms with Gasteiger partial charge in [0.05, 0.1) is 6.04 Å². The van der Waals surface area contributed by atoms with E-state index in [4.69, 9.17) is 0 Å². The van der Waals surface area contributed by atoms with Crippen molar-refractivity contribution in [2.75, 3.05) is 4.90 Å². The number of aryl methyl sites for hydroxylation is 1. The van der Waals surface area contributed by atoms with E-state index in [1.807, 2.05) is 13.8 Å². The van der Waals surface area contributed by atoms with Crippen LogP contribution in [0.2, 0.25) is 0 Å². The van der Waals surface area contributed by atoms with Gasteiger partial charge >= 0.3 is 0 Å². The number of rotatable bonds is 3. The van der Waals surface area contributed by atoms with E-state index < -0.39 is 0 Å². The van der Waals surface area contributed by atoms with Gasteiger partial charge in [-0.05, 0) is 63.3 Å². The van der Waals surface area contributed by atoms with Crippen LogP contribution < -0.4 is 4.90 Å². The van der Waals surface area contributed by atoms with Gasteiger partial charge in [0.2, 0.25) is 0 Å². The van der Waals surface area contributed by atoms with Crippen LogP contribution in [-0.2, 0) is 0 Å². The molecular formula is C24H33N. The average molecular weight is 336 g/mol. The first kappa shape index (κ1) is 19.3. The van der Waals surface area contributed by atoms with Gasteiger partial charge in [0, 0.05) is 11.4 Å². The number of benzene rings is 1. The molecule has 0 fully saturated rings. The molecule has 0 spiro atoms. The normalized spacial score (nSPS) is 22.2. The van der Waals surface area contributed by atoms with Gasteiger partial charge in [0.15, 0.2) is 0 Å². The lowest BCUT2D eigenvalue weighted by Crippen LogP contribution is -2.34. The molecule has 0 aromatic heterocycles. The Kier molecular flexibility index (Phi) is 6.87. The monoisotopic (exact) mass is 335 g/mol. The molecule has 2 unspecified atom stereocenters. The molecule has 2 aliphatic carbocycles. The van der Waals surface area contributed by atoms with Crippen LogP contribution in [-0.4, -0.2) is 6.04 Å². The lowest BCUT2D eigenvalue weighted by molar-refractivity contribution is 0.676. The fourth-order valence-electron chi connectivity index (χ4n) is 3.46. The van der Waals surface area contributed by atoms with Gasteiger partial charge in [-0.15, -0.1) is 0 Å². The van der Waals surface area contributed by atoms with Crippen LogP contribution >= 0.6 is 0 Å². The van der Waals surface area contributed by atoms with Gasteiger partial charge in [-0.3, -0.25) is 0 Å². The maximum atomic E-state index is 2.51. The molecule has 0 saturated heterocycles. The Bertz CT molecular complexity index is 685. The summed E-state index contributed by atoms with van der Waals surface area (Å²) in [4.78, 5) is 2.51. The van der Waals surface area contributed by atoms with Crippen LogP contribution in [0.15, 0.2) is 71.5 Å². The van der Waals surface area contributed by atoms with E-state index in [0.717, 1.165) is 12.8 Å². The highest BCUT2D eigenvalue weighted by Gasteiger charge is 2.23. The van der Waals surface area contributed by atoms with Gasteiger partial charge in [-0.1, -0.05) is 68.3 Å². The molecule has 0 saturated carbocycles.